The maximum atomic E-state index is 13.4. The summed E-state index contributed by atoms with van der Waals surface area (Å²) in [6.07, 6.45) is 1.62. The molecular formula is C22H23FN4O2. The third-order valence-electron chi connectivity index (χ3n) is 4.99. The lowest BCUT2D eigenvalue weighted by molar-refractivity contribution is -0.120. The molecule has 1 amide bonds. The van der Waals surface area contributed by atoms with E-state index in [0.717, 1.165) is 30.4 Å². The maximum Gasteiger partial charge on any atom is 0.258 e. The van der Waals surface area contributed by atoms with Crippen molar-refractivity contribution >= 4 is 28.4 Å². The molecule has 1 aliphatic rings. The van der Waals surface area contributed by atoms with E-state index in [-0.39, 0.29) is 17.6 Å². The fourth-order valence-corrected chi connectivity index (χ4v) is 3.61. The van der Waals surface area contributed by atoms with Crippen molar-refractivity contribution in [3.05, 3.63) is 54.3 Å². The molecule has 7 heteroatoms. The maximum absolute atomic E-state index is 13.4. The summed E-state index contributed by atoms with van der Waals surface area (Å²) < 4.78 is 19.1. The molecule has 1 unspecified atom stereocenters. The quantitative estimate of drug-likeness (QED) is 0.708. The van der Waals surface area contributed by atoms with Crippen LogP contribution in [0.2, 0.25) is 0 Å². The number of nitrogens with one attached hydrogen (secondary N) is 1. The van der Waals surface area contributed by atoms with Crippen molar-refractivity contribution in [3.8, 4) is 5.88 Å². The average molecular weight is 394 g/mol. The number of hydrogen-bond acceptors (Lipinski definition) is 5. The predicted molar refractivity (Wildman–Crippen MR) is 111 cm³/mol. The number of rotatable bonds is 5. The molecule has 0 aliphatic carbocycles. The van der Waals surface area contributed by atoms with Crippen LogP contribution in [0.15, 0.2) is 48.5 Å². The number of carbonyl (C=O) groups excluding carboxylic acids is 1. The molecule has 29 heavy (non-hydrogen) atoms. The molecule has 0 saturated carbocycles. The van der Waals surface area contributed by atoms with Crippen molar-refractivity contribution in [3.63, 3.8) is 0 Å². The van der Waals surface area contributed by atoms with Gasteiger partial charge in [-0.3, -0.25) is 4.79 Å². The molecule has 1 aromatic heterocycles. The number of aromatic nitrogens is 2. The first-order chi connectivity index (χ1) is 14.1. The van der Waals surface area contributed by atoms with E-state index in [1.165, 1.54) is 12.1 Å². The molecule has 0 spiro atoms. The molecule has 2 aromatic carbocycles. The highest BCUT2D eigenvalue weighted by Crippen LogP contribution is 2.31. The number of amides is 1. The zero-order valence-corrected chi connectivity index (χ0v) is 16.3. The normalized spacial score (nSPS) is 16.6. The van der Waals surface area contributed by atoms with Crippen LogP contribution < -0.4 is 15.0 Å². The van der Waals surface area contributed by atoms with Gasteiger partial charge in [-0.2, -0.15) is 0 Å². The summed E-state index contributed by atoms with van der Waals surface area (Å²) in [6.45, 7) is 3.68. The van der Waals surface area contributed by atoms with Crippen molar-refractivity contribution < 1.29 is 13.9 Å². The van der Waals surface area contributed by atoms with Crippen LogP contribution >= 0.6 is 0 Å². The number of ether oxygens (including phenoxy) is 1. The molecule has 4 rings (SSSR count). The third kappa shape index (κ3) is 4.29. The summed E-state index contributed by atoms with van der Waals surface area (Å²) >= 11 is 0. The van der Waals surface area contributed by atoms with Crippen molar-refractivity contribution in [2.45, 2.75) is 19.8 Å². The first-order valence-corrected chi connectivity index (χ1v) is 9.85. The molecule has 150 valence electrons. The highest BCUT2D eigenvalue weighted by atomic mass is 19.1. The first-order valence-electron chi connectivity index (χ1n) is 9.85. The predicted octanol–water partition coefficient (Wildman–Crippen LogP) is 4.02. The van der Waals surface area contributed by atoms with Crippen LogP contribution in [0.25, 0.3) is 11.0 Å². The Morgan fingerprint density at radius 2 is 2.00 bits per heavy atom. The van der Waals surface area contributed by atoms with Crippen LogP contribution in [0.4, 0.5) is 15.9 Å². The fourth-order valence-electron chi connectivity index (χ4n) is 3.61. The Bertz CT molecular complexity index is 1030. The van der Waals surface area contributed by atoms with Crippen LogP contribution in [0.3, 0.4) is 0 Å². The van der Waals surface area contributed by atoms with Gasteiger partial charge in [0.15, 0.2) is 5.82 Å². The lowest BCUT2D eigenvalue weighted by atomic mass is 9.97. The van der Waals surface area contributed by atoms with E-state index in [4.69, 9.17) is 9.72 Å². The van der Waals surface area contributed by atoms with Crippen molar-refractivity contribution in [2.75, 3.05) is 29.9 Å². The minimum absolute atomic E-state index is 0.119. The van der Waals surface area contributed by atoms with E-state index < -0.39 is 0 Å². The lowest BCUT2D eigenvalue weighted by Gasteiger charge is -2.33. The molecule has 0 bridgehead atoms. The van der Waals surface area contributed by atoms with Gasteiger partial charge in [0.25, 0.3) is 5.88 Å². The first kappa shape index (κ1) is 19.1. The van der Waals surface area contributed by atoms with Gasteiger partial charge in [0, 0.05) is 18.8 Å². The topological polar surface area (TPSA) is 67.4 Å². The molecule has 1 aliphatic heterocycles. The summed E-state index contributed by atoms with van der Waals surface area (Å²) in [7, 11) is 0. The minimum Gasteiger partial charge on any atom is -0.475 e. The molecule has 3 aromatic rings. The van der Waals surface area contributed by atoms with Gasteiger partial charge in [-0.25, -0.2) is 14.4 Å². The molecule has 6 nitrogen and oxygen atoms in total. The van der Waals surface area contributed by atoms with E-state index in [2.05, 4.69) is 15.2 Å². The van der Waals surface area contributed by atoms with Gasteiger partial charge in [-0.1, -0.05) is 18.2 Å². The molecule has 0 radical (unpaired) electrons. The zero-order valence-electron chi connectivity index (χ0n) is 16.3. The van der Waals surface area contributed by atoms with Gasteiger partial charge < -0.3 is 15.0 Å². The number of nitrogens with zero attached hydrogens (tertiary/aromatic N) is 3. The summed E-state index contributed by atoms with van der Waals surface area (Å²) in [6, 6.07) is 13.6. The monoisotopic (exact) mass is 394 g/mol. The van der Waals surface area contributed by atoms with Gasteiger partial charge in [0.2, 0.25) is 5.91 Å². The summed E-state index contributed by atoms with van der Waals surface area (Å²) in [5.74, 6) is 0.425. The van der Waals surface area contributed by atoms with Crippen molar-refractivity contribution in [2.24, 2.45) is 5.92 Å². The Labute approximate surface area is 168 Å². The van der Waals surface area contributed by atoms with E-state index in [9.17, 15) is 9.18 Å². The number of carbonyl (C=O) groups is 1. The van der Waals surface area contributed by atoms with Crippen LogP contribution in [0.5, 0.6) is 5.88 Å². The van der Waals surface area contributed by atoms with Crippen LogP contribution in [0, 0.1) is 11.7 Å². The molecule has 1 N–H and O–H groups in total. The number of hydrogen-bond donors (Lipinski definition) is 1. The number of para-hydroxylation sites is 2. The second kappa shape index (κ2) is 8.43. The highest BCUT2D eigenvalue weighted by Gasteiger charge is 2.29. The number of fused-ring (bicyclic) bond motifs is 1. The van der Waals surface area contributed by atoms with E-state index in [1.54, 1.807) is 12.1 Å². The average Bonchev–Trinajstić information content (AvgIpc) is 2.73. The van der Waals surface area contributed by atoms with Crippen LogP contribution in [-0.4, -0.2) is 35.6 Å². The summed E-state index contributed by atoms with van der Waals surface area (Å²) in [5, 5.41) is 2.82. The van der Waals surface area contributed by atoms with E-state index >= 15 is 0 Å². The van der Waals surface area contributed by atoms with Crippen molar-refractivity contribution in [1.29, 1.82) is 0 Å². The Kier molecular flexibility index (Phi) is 5.55. The standard InChI is InChI=1S/C22H23FN4O2/c1-2-29-22-20(25-18-10-3-4-11-19(18)26-22)27-12-6-7-15(14-27)21(28)24-17-9-5-8-16(23)13-17/h3-5,8-11,13,15H,2,6-7,12,14H2,1H3,(H,24,28). The van der Waals surface area contributed by atoms with Crippen LogP contribution in [0.1, 0.15) is 19.8 Å². The Balaban J connectivity index is 1.56. The fraction of sp³-hybridized carbons (Fsp3) is 0.318. The van der Waals surface area contributed by atoms with Crippen molar-refractivity contribution in [1.82, 2.24) is 9.97 Å². The minimum atomic E-state index is -0.374. The Morgan fingerprint density at radius 1 is 1.21 bits per heavy atom. The highest BCUT2D eigenvalue weighted by molar-refractivity contribution is 5.93. The SMILES string of the molecule is CCOc1nc2ccccc2nc1N1CCCC(C(=O)Nc2cccc(F)c2)C1. The molecular weight excluding hydrogens is 371 g/mol. The number of benzene rings is 2. The Morgan fingerprint density at radius 3 is 2.76 bits per heavy atom. The van der Waals surface area contributed by atoms with Gasteiger partial charge in [-0.05, 0) is 50.1 Å². The van der Waals surface area contributed by atoms with E-state index in [1.807, 2.05) is 31.2 Å². The van der Waals surface area contributed by atoms with Gasteiger partial charge in [0.1, 0.15) is 5.82 Å². The zero-order chi connectivity index (χ0) is 20.2. The van der Waals surface area contributed by atoms with Gasteiger partial charge in [-0.15, -0.1) is 0 Å². The number of halogens is 1. The molecule has 1 fully saturated rings. The largest absolute Gasteiger partial charge is 0.475 e. The number of piperidine rings is 1. The second-order valence-electron chi connectivity index (χ2n) is 7.06. The Hall–Kier alpha value is -3.22. The van der Waals surface area contributed by atoms with Gasteiger partial charge >= 0.3 is 0 Å². The molecule has 1 saturated heterocycles. The van der Waals surface area contributed by atoms with Crippen LogP contribution in [-0.2, 0) is 4.79 Å². The van der Waals surface area contributed by atoms with Gasteiger partial charge in [0.05, 0.1) is 23.6 Å². The third-order valence-corrected chi connectivity index (χ3v) is 4.99. The summed E-state index contributed by atoms with van der Waals surface area (Å²) in [4.78, 5) is 24.2. The smallest absolute Gasteiger partial charge is 0.258 e. The number of anilines is 2. The molecule has 1 atom stereocenters. The molecule has 2 heterocycles. The summed E-state index contributed by atoms with van der Waals surface area (Å²) in [5.41, 5.74) is 2.03. The van der Waals surface area contributed by atoms with E-state index in [0.29, 0.717) is 30.5 Å². The lowest BCUT2D eigenvalue weighted by Crippen LogP contribution is -2.41. The second-order valence-corrected chi connectivity index (χ2v) is 7.06.